The molecule has 1 aromatic heterocycles. The van der Waals surface area contributed by atoms with Gasteiger partial charge in [-0.1, -0.05) is 13.2 Å². The molecule has 8 nitrogen and oxygen atoms in total. The highest BCUT2D eigenvalue weighted by Gasteiger charge is 2.14. The smallest absolute Gasteiger partial charge is 0.333 e. The van der Waals surface area contributed by atoms with Gasteiger partial charge in [0.2, 0.25) is 0 Å². The number of ether oxygens (including phenoxy) is 2. The van der Waals surface area contributed by atoms with Crippen molar-refractivity contribution in [2.75, 3.05) is 36.5 Å². The van der Waals surface area contributed by atoms with Gasteiger partial charge in [-0.25, -0.2) is 9.59 Å². The Morgan fingerprint density at radius 3 is 2.18 bits per heavy atom. The van der Waals surface area contributed by atoms with E-state index in [-0.39, 0.29) is 13.2 Å². The largest absolute Gasteiger partial charge is 0.460 e. The normalized spacial score (nSPS) is 10.2. The molecule has 0 aliphatic heterocycles. The van der Waals surface area contributed by atoms with Gasteiger partial charge in [-0.15, -0.1) is 0 Å². The SMILES string of the molecule is C=C(C)C(=O)OCCN(CCOC(=O)C(=C)C)c1ccc(Nc2snc(C)c2C#N)c(C)c1. The van der Waals surface area contributed by atoms with E-state index in [1.165, 1.54) is 11.5 Å². The van der Waals surface area contributed by atoms with E-state index in [4.69, 9.17) is 9.47 Å². The molecule has 0 aliphatic carbocycles. The summed E-state index contributed by atoms with van der Waals surface area (Å²) in [6.07, 6.45) is 0. The minimum Gasteiger partial charge on any atom is -0.460 e. The van der Waals surface area contributed by atoms with E-state index in [9.17, 15) is 14.9 Å². The number of esters is 2. The zero-order valence-corrected chi connectivity index (χ0v) is 20.2. The van der Waals surface area contributed by atoms with Crippen LogP contribution >= 0.6 is 11.5 Å². The molecule has 0 spiro atoms. The Labute approximate surface area is 198 Å². The monoisotopic (exact) mass is 468 g/mol. The van der Waals surface area contributed by atoms with Crippen LogP contribution in [-0.2, 0) is 19.1 Å². The summed E-state index contributed by atoms with van der Waals surface area (Å²) in [5.74, 6) is -0.903. The van der Waals surface area contributed by atoms with Gasteiger partial charge < -0.3 is 19.7 Å². The molecule has 0 fully saturated rings. The molecule has 0 amide bonds. The number of hydrogen-bond donors (Lipinski definition) is 1. The maximum Gasteiger partial charge on any atom is 0.333 e. The molecular weight excluding hydrogens is 440 g/mol. The van der Waals surface area contributed by atoms with Gasteiger partial charge in [-0.05, 0) is 63.0 Å². The fraction of sp³-hybridized carbons (Fsp3) is 0.333. The van der Waals surface area contributed by atoms with Gasteiger partial charge in [0.1, 0.15) is 29.8 Å². The van der Waals surface area contributed by atoms with Gasteiger partial charge >= 0.3 is 11.9 Å². The van der Waals surface area contributed by atoms with E-state index >= 15 is 0 Å². The number of carbonyl (C=O) groups is 2. The summed E-state index contributed by atoms with van der Waals surface area (Å²) in [6, 6.07) is 7.97. The van der Waals surface area contributed by atoms with Crippen molar-refractivity contribution in [2.24, 2.45) is 0 Å². The first-order valence-corrected chi connectivity index (χ1v) is 11.1. The summed E-state index contributed by atoms with van der Waals surface area (Å²) < 4.78 is 14.7. The number of rotatable bonds is 11. The van der Waals surface area contributed by atoms with Crippen LogP contribution in [0.15, 0.2) is 42.5 Å². The molecule has 0 saturated carbocycles. The second kappa shape index (κ2) is 11.8. The zero-order chi connectivity index (χ0) is 24.5. The van der Waals surface area contributed by atoms with E-state index in [0.717, 1.165) is 16.9 Å². The van der Waals surface area contributed by atoms with Crippen LogP contribution in [0.5, 0.6) is 0 Å². The third kappa shape index (κ3) is 7.19. The number of nitriles is 1. The van der Waals surface area contributed by atoms with Crippen molar-refractivity contribution in [1.82, 2.24) is 4.37 Å². The van der Waals surface area contributed by atoms with E-state index in [1.54, 1.807) is 20.8 Å². The molecule has 0 bridgehead atoms. The number of hydrogen-bond acceptors (Lipinski definition) is 9. The summed E-state index contributed by atoms with van der Waals surface area (Å²) in [6.45, 7) is 15.2. The maximum absolute atomic E-state index is 11.7. The first-order chi connectivity index (χ1) is 15.6. The molecule has 0 saturated heterocycles. The Balaban J connectivity index is 2.16. The molecule has 0 aliphatic rings. The third-order valence-electron chi connectivity index (χ3n) is 4.68. The van der Waals surface area contributed by atoms with Crippen LogP contribution in [0.25, 0.3) is 0 Å². The van der Waals surface area contributed by atoms with Crippen LogP contribution in [0.1, 0.15) is 30.7 Å². The molecule has 2 rings (SSSR count). The Hall–Kier alpha value is -3.64. The average molecular weight is 469 g/mol. The topological polar surface area (TPSA) is 105 Å². The molecular formula is C24H28N4O4S. The maximum atomic E-state index is 11.7. The van der Waals surface area contributed by atoms with E-state index in [1.807, 2.05) is 30.0 Å². The van der Waals surface area contributed by atoms with Gasteiger partial charge in [0.15, 0.2) is 0 Å². The molecule has 1 N–H and O–H groups in total. The molecule has 174 valence electrons. The Morgan fingerprint density at radius 1 is 1.12 bits per heavy atom. The predicted octanol–water partition coefficient (Wildman–Crippen LogP) is 4.42. The predicted molar refractivity (Wildman–Crippen MR) is 130 cm³/mol. The molecule has 9 heteroatoms. The number of aryl methyl sites for hydroxylation is 2. The van der Waals surface area contributed by atoms with Crippen molar-refractivity contribution in [3.05, 3.63) is 59.3 Å². The standard InChI is InChI=1S/C24H28N4O4S/c1-15(2)23(29)31-11-9-28(10-12-32-24(30)16(3)4)19-7-8-21(17(5)13-19)26-22-20(14-25)18(6)27-33-22/h7-8,13,26H,1,3,9-12H2,2,4-6H3. The second-order valence-electron chi connectivity index (χ2n) is 7.53. The number of nitrogens with one attached hydrogen (secondary N) is 1. The Morgan fingerprint density at radius 2 is 1.70 bits per heavy atom. The van der Waals surface area contributed by atoms with Crippen LogP contribution in [-0.4, -0.2) is 42.6 Å². The van der Waals surface area contributed by atoms with E-state index in [0.29, 0.717) is 40.5 Å². The molecule has 2 aromatic rings. The lowest BCUT2D eigenvalue weighted by atomic mass is 10.1. The van der Waals surface area contributed by atoms with Gasteiger partial charge in [-0.3, -0.25) is 0 Å². The van der Waals surface area contributed by atoms with Crippen LogP contribution in [0, 0.1) is 25.2 Å². The molecule has 33 heavy (non-hydrogen) atoms. The molecule has 1 heterocycles. The number of benzene rings is 1. The number of anilines is 3. The molecule has 0 atom stereocenters. The Kier molecular flexibility index (Phi) is 9.18. The zero-order valence-electron chi connectivity index (χ0n) is 19.4. The van der Waals surface area contributed by atoms with Crippen LogP contribution < -0.4 is 10.2 Å². The first-order valence-electron chi connectivity index (χ1n) is 10.3. The minimum atomic E-state index is -0.451. The number of nitrogens with zero attached hydrogens (tertiary/aromatic N) is 3. The summed E-state index contributed by atoms with van der Waals surface area (Å²) in [5.41, 5.74) is 4.56. The van der Waals surface area contributed by atoms with E-state index < -0.39 is 11.9 Å². The van der Waals surface area contributed by atoms with Gasteiger partial charge in [0.25, 0.3) is 0 Å². The van der Waals surface area contributed by atoms with Crippen molar-refractivity contribution in [2.45, 2.75) is 27.7 Å². The lowest BCUT2D eigenvalue weighted by Crippen LogP contribution is -2.32. The first kappa shape index (κ1) is 25.6. The van der Waals surface area contributed by atoms with E-state index in [2.05, 4.69) is 28.9 Å². The highest BCUT2D eigenvalue weighted by molar-refractivity contribution is 7.10. The third-order valence-corrected chi connectivity index (χ3v) is 5.54. The minimum absolute atomic E-state index is 0.158. The van der Waals surface area contributed by atoms with Crippen molar-refractivity contribution in [3.8, 4) is 6.07 Å². The van der Waals surface area contributed by atoms with Crippen molar-refractivity contribution in [1.29, 1.82) is 5.26 Å². The fourth-order valence-corrected chi connectivity index (χ4v) is 3.57. The van der Waals surface area contributed by atoms with Crippen LogP contribution in [0.3, 0.4) is 0 Å². The summed E-state index contributed by atoms with van der Waals surface area (Å²) in [5, 5.41) is 13.3. The number of carbonyl (C=O) groups excluding carboxylic acids is 2. The van der Waals surface area contributed by atoms with Crippen molar-refractivity contribution in [3.63, 3.8) is 0 Å². The lowest BCUT2D eigenvalue weighted by Gasteiger charge is -2.25. The van der Waals surface area contributed by atoms with Crippen LogP contribution in [0.4, 0.5) is 16.4 Å². The second-order valence-corrected chi connectivity index (χ2v) is 8.30. The summed E-state index contributed by atoms with van der Waals surface area (Å²) >= 11 is 1.24. The molecule has 0 radical (unpaired) electrons. The fourth-order valence-electron chi connectivity index (χ4n) is 2.81. The van der Waals surface area contributed by atoms with Crippen LogP contribution in [0.2, 0.25) is 0 Å². The lowest BCUT2D eigenvalue weighted by molar-refractivity contribution is -0.139. The highest BCUT2D eigenvalue weighted by Crippen LogP contribution is 2.30. The average Bonchev–Trinajstić information content (AvgIpc) is 3.12. The number of aromatic nitrogens is 1. The van der Waals surface area contributed by atoms with Gasteiger partial charge in [-0.2, -0.15) is 9.64 Å². The summed E-state index contributed by atoms with van der Waals surface area (Å²) in [4.78, 5) is 25.4. The highest BCUT2D eigenvalue weighted by atomic mass is 32.1. The quantitative estimate of drug-likeness (QED) is 0.382. The van der Waals surface area contributed by atoms with Gasteiger partial charge in [0, 0.05) is 22.5 Å². The Bertz CT molecular complexity index is 1070. The van der Waals surface area contributed by atoms with Crippen molar-refractivity contribution < 1.29 is 19.1 Å². The van der Waals surface area contributed by atoms with Crippen molar-refractivity contribution >= 4 is 39.8 Å². The summed E-state index contributed by atoms with van der Waals surface area (Å²) in [7, 11) is 0. The molecule has 0 unspecified atom stereocenters. The molecule has 1 aromatic carbocycles. The van der Waals surface area contributed by atoms with Gasteiger partial charge in [0.05, 0.1) is 18.8 Å².